The van der Waals surface area contributed by atoms with Crippen LogP contribution in [0.2, 0.25) is 0 Å². The Morgan fingerprint density at radius 2 is 1.85 bits per heavy atom. The predicted molar refractivity (Wildman–Crippen MR) is 70.1 cm³/mol. The van der Waals surface area contributed by atoms with Gasteiger partial charge in [0.2, 0.25) is 0 Å². The van der Waals surface area contributed by atoms with E-state index in [1.165, 1.54) is 24.5 Å². The largest absolute Gasteiger partial charge is 0.462 e. The lowest BCUT2D eigenvalue weighted by molar-refractivity contribution is -0.384. The summed E-state index contributed by atoms with van der Waals surface area (Å²) >= 11 is 0. The molecule has 0 aliphatic carbocycles. The van der Waals surface area contributed by atoms with Crippen LogP contribution in [-0.2, 0) is 4.74 Å². The molecule has 1 aromatic carbocycles. The van der Waals surface area contributed by atoms with E-state index >= 15 is 0 Å². The molecule has 2 aromatic rings. The summed E-state index contributed by atoms with van der Waals surface area (Å²) in [7, 11) is 0. The number of nitro groups is 1. The van der Waals surface area contributed by atoms with E-state index in [4.69, 9.17) is 4.74 Å². The summed E-state index contributed by atoms with van der Waals surface area (Å²) in [6.45, 7) is 1.99. The number of carbonyl (C=O) groups excluding carboxylic acids is 1. The Labute approximate surface area is 114 Å². The van der Waals surface area contributed by atoms with Gasteiger partial charge >= 0.3 is 5.97 Å². The molecule has 102 valence electrons. The summed E-state index contributed by atoms with van der Waals surface area (Å²) in [5.41, 5.74) is 0.889. The first-order valence-corrected chi connectivity index (χ1v) is 5.86. The highest BCUT2D eigenvalue weighted by molar-refractivity contribution is 5.88. The van der Waals surface area contributed by atoms with Crippen LogP contribution in [-0.4, -0.2) is 27.5 Å². The molecule has 0 aliphatic heterocycles. The normalized spacial score (nSPS) is 10.1. The van der Waals surface area contributed by atoms with Gasteiger partial charge in [-0.05, 0) is 19.1 Å². The third kappa shape index (κ3) is 2.94. The van der Waals surface area contributed by atoms with Crippen molar-refractivity contribution < 1.29 is 14.5 Å². The van der Waals surface area contributed by atoms with E-state index in [0.717, 1.165) is 0 Å². The molecule has 0 aliphatic rings. The molecule has 0 fully saturated rings. The zero-order valence-electron chi connectivity index (χ0n) is 10.6. The second-order valence-electron chi connectivity index (χ2n) is 3.82. The highest BCUT2D eigenvalue weighted by Gasteiger charge is 2.10. The number of aromatic nitrogens is 2. The van der Waals surface area contributed by atoms with Crippen LogP contribution in [0.3, 0.4) is 0 Å². The molecule has 0 N–H and O–H groups in total. The van der Waals surface area contributed by atoms with Crippen molar-refractivity contribution in [2.24, 2.45) is 0 Å². The van der Waals surface area contributed by atoms with E-state index in [2.05, 4.69) is 9.97 Å². The molecule has 0 radical (unpaired) electrons. The summed E-state index contributed by atoms with van der Waals surface area (Å²) in [5.74, 6) is -0.101. The molecule has 0 unspecified atom stereocenters. The third-order valence-electron chi connectivity index (χ3n) is 2.50. The van der Waals surface area contributed by atoms with Gasteiger partial charge in [0.15, 0.2) is 5.82 Å². The number of nitrogens with zero attached hydrogens (tertiary/aromatic N) is 3. The van der Waals surface area contributed by atoms with Gasteiger partial charge in [0.05, 0.1) is 17.1 Å². The van der Waals surface area contributed by atoms with Gasteiger partial charge in [-0.1, -0.05) is 0 Å². The first-order chi connectivity index (χ1) is 9.61. The number of hydrogen-bond acceptors (Lipinski definition) is 6. The van der Waals surface area contributed by atoms with Crippen molar-refractivity contribution in [1.29, 1.82) is 0 Å². The van der Waals surface area contributed by atoms with Crippen LogP contribution in [0.25, 0.3) is 11.4 Å². The van der Waals surface area contributed by atoms with Crippen LogP contribution >= 0.6 is 0 Å². The molecule has 0 saturated carbocycles. The number of carbonyl (C=O) groups is 1. The average molecular weight is 273 g/mol. The number of non-ortho nitro benzene ring substituents is 1. The van der Waals surface area contributed by atoms with E-state index in [0.29, 0.717) is 11.4 Å². The standard InChI is InChI=1S/C13H11N3O4/c1-2-20-13(17)10-7-14-12(15-8-10)9-3-5-11(6-4-9)16(18)19/h3-8H,2H2,1H3. The molecule has 1 heterocycles. The number of benzene rings is 1. The highest BCUT2D eigenvalue weighted by atomic mass is 16.6. The van der Waals surface area contributed by atoms with Crippen LogP contribution in [0.15, 0.2) is 36.7 Å². The number of rotatable bonds is 4. The molecule has 0 atom stereocenters. The number of nitro benzene ring substituents is 1. The number of esters is 1. The summed E-state index contributed by atoms with van der Waals surface area (Å²) in [5, 5.41) is 10.6. The predicted octanol–water partition coefficient (Wildman–Crippen LogP) is 2.23. The highest BCUT2D eigenvalue weighted by Crippen LogP contribution is 2.19. The summed E-state index contributed by atoms with van der Waals surface area (Å²) < 4.78 is 4.82. The minimum atomic E-state index is -0.484. The van der Waals surface area contributed by atoms with Crippen molar-refractivity contribution in [2.75, 3.05) is 6.61 Å². The molecule has 0 spiro atoms. The maximum atomic E-state index is 11.4. The van der Waals surface area contributed by atoms with Crippen LogP contribution in [0.5, 0.6) is 0 Å². The summed E-state index contributed by atoms with van der Waals surface area (Å²) in [4.78, 5) is 29.6. The molecule has 2 rings (SSSR count). The molecule has 20 heavy (non-hydrogen) atoms. The maximum Gasteiger partial charge on any atom is 0.341 e. The monoisotopic (exact) mass is 273 g/mol. The fourth-order valence-corrected chi connectivity index (χ4v) is 1.53. The molecular weight excluding hydrogens is 262 g/mol. The lowest BCUT2D eigenvalue weighted by Crippen LogP contribution is -2.06. The van der Waals surface area contributed by atoms with Crippen molar-refractivity contribution in [2.45, 2.75) is 6.92 Å². The minimum Gasteiger partial charge on any atom is -0.462 e. The Morgan fingerprint density at radius 1 is 1.25 bits per heavy atom. The van der Waals surface area contributed by atoms with E-state index < -0.39 is 10.9 Å². The Balaban J connectivity index is 2.21. The molecule has 7 heteroatoms. The molecule has 0 saturated heterocycles. The topological polar surface area (TPSA) is 95.2 Å². The Kier molecular flexibility index (Phi) is 3.99. The molecule has 0 amide bonds. The SMILES string of the molecule is CCOC(=O)c1cnc(-c2ccc([N+](=O)[O-])cc2)nc1. The van der Waals surface area contributed by atoms with Gasteiger partial charge < -0.3 is 4.74 Å². The minimum absolute atomic E-state index is 0.00288. The smallest absolute Gasteiger partial charge is 0.341 e. The van der Waals surface area contributed by atoms with Crippen LogP contribution in [0.1, 0.15) is 17.3 Å². The summed E-state index contributed by atoms with van der Waals surface area (Å²) in [6, 6.07) is 5.85. The number of hydrogen-bond donors (Lipinski definition) is 0. The fraction of sp³-hybridized carbons (Fsp3) is 0.154. The zero-order chi connectivity index (χ0) is 14.5. The second kappa shape index (κ2) is 5.87. The molecule has 1 aromatic heterocycles. The Bertz CT molecular complexity index is 623. The molecular formula is C13H11N3O4. The van der Waals surface area contributed by atoms with Crippen LogP contribution in [0.4, 0.5) is 5.69 Å². The van der Waals surface area contributed by atoms with Crippen LogP contribution < -0.4 is 0 Å². The lowest BCUT2D eigenvalue weighted by Gasteiger charge is -2.02. The van der Waals surface area contributed by atoms with E-state index in [1.54, 1.807) is 19.1 Å². The van der Waals surface area contributed by atoms with Gasteiger partial charge in [0, 0.05) is 30.1 Å². The first kappa shape index (κ1) is 13.6. The number of ether oxygens (including phenoxy) is 1. The Morgan fingerprint density at radius 3 is 2.35 bits per heavy atom. The van der Waals surface area contributed by atoms with Gasteiger partial charge in [-0.2, -0.15) is 0 Å². The lowest BCUT2D eigenvalue weighted by atomic mass is 10.2. The van der Waals surface area contributed by atoms with Gasteiger partial charge in [0.1, 0.15) is 0 Å². The molecule has 7 nitrogen and oxygen atoms in total. The maximum absolute atomic E-state index is 11.4. The summed E-state index contributed by atoms with van der Waals surface area (Å²) in [6.07, 6.45) is 2.73. The second-order valence-corrected chi connectivity index (χ2v) is 3.82. The van der Waals surface area contributed by atoms with Crippen molar-refractivity contribution in [3.8, 4) is 11.4 Å². The fourth-order valence-electron chi connectivity index (χ4n) is 1.53. The van der Waals surface area contributed by atoms with Gasteiger partial charge in [-0.25, -0.2) is 14.8 Å². The quantitative estimate of drug-likeness (QED) is 0.481. The van der Waals surface area contributed by atoms with Crippen molar-refractivity contribution in [1.82, 2.24) is 9.97 Å². The van der Waals surface area contributed by atoms with E-state index in [-0.39, 0.29) is 17.9 Å². The zero-order valence-corrected chi connectivity index (χ0v) is 10.6. The van der Waals surface area contributed by atoms with Crippen molar-refractivity contribution in [3.63, 3.8) is 0 Å². The van der Waals surface area contributed by atoms with Crippen LogP contribution in [0, 0.1) is 10.1 Å². The Hall–Kier alpha value is -2.83. The first-order valence-electron chi connectivity index (χ1n) is 5.86. The molecule has 0 bridgehead atoms. The van der Waals surface area contributed by atoms with Gasteiger partial charge in [-0.3, -0.25) is 10.1 Å². The third-order valence-corrected chi connectivity index (χ3v) is 2.50. The van der Waals surface area contributed by atoms with Crippen molar-refractivity contribution in [3.05, 3.63) is 52.3 Å². The van der Waals surface area contributed by atoms with E-state index in [9.17, 15) is 14.9 Å². The average Bonchev–Trinajstić information content (AvgIpc) is 2.48. The van der Waals surface area contributed by atoms with Gasteiger partial charge in [0.25, 0.3) is 5.69 Å². The van der Waals surface area contributed by atoms with Crippen molar-refractivity contribution >= 4 is 11.7 Å². The van der Waals surface area contributed by atoms with Gasteiger partial charge in [-0.15, -0.1) is 0 Å². The van der Waals surface area contributed by atoms with E-state index in [1.807, 2.05) is 0 Å².